The van der Waals surface area contributed by atoms with E-state index in [1.807, 2.05) is 42.5 Å². The van der Waals surface area contributed by atoms with E-state index in [9.17, 15) is 9.90 Å². The van der Waals surface area contributed by atoms with Gasteiger partial charge >= 0.3 is 5.97 Å². The summed E-state index contributed by atoms with van der Waals surface area (Å²) < 4.78 is 15.9. The van der Waals surface area contributed by atoms with Crippen LogP contribution in [0.25, 0.3) is 0 Å². The molecule has 0 bridgehead atoms. The van der Waals surface area contributed by atoms with Crippen LogP contribution >= 0.6 is 0 Å². The molecular formula is C19H19NO5. The summed E-state index contributed by atoms with van der Waals surface area (Å²) in [6.07, 6.45) is 0. The van der Waals surface area contributed by atoms with E-state index >= 15 is 0 Å². The summed E-state index contributed by atoms with van der Waals surface area (Å²) in [4.78, 5) is 12.0. The molecular weight excluding hydrogens is 322 g/mol. The Morgan fingerprint density at radius 1 is 1.12 bits per heavy atom. The van der Waals surface area contributed by atoms with Gasteiger partial charge in [-0.1, -0.05) is 18.2 Å². The molecule has 25 heavy (non-hydrogen) atoms. The van der Waals surface area contributed by atoms with E-state index in [4.69, 9.17) is 14.2 Å². The van der Waals surface area contributed by atoms with Crippen LogP contribution in [0.1, 0.15) is 23.1 Å². The van der Waals surface area contributed by atoms with E-state index in [2.05, 4.69) is 5.32 Å². The second-order valence-electron chi connectivity index (χ2n) is 6.24. The highest BCUT2D eigenvalue weighted by Gasteiger charge is 2.42. The minimum atomic E-state index is -0.812. The summed E-state index contributed by atoms with van der Waals surface area (Å²) >= 11 is 0. The highest BCUT2D eigenvalue weighted by molar-refractivity contribution is 5.73. The predicted molar refractivity (Wildman–Crippen MR) is 90.2 cm³/mol. The first-order valence-electron chi connectivity index (χ1n) is 8.17. The van der Waals surface area contributed by atoms with Crippen molar-refractivity contribution in [3.05, 3.63) is 53.6 Å². The third-order valence-corrected chi connectivity index (χ3v) is 4.94. The Kier molecular flexibility index (Phi) is 3.97. The number of nitrogens with one attached hydrogen (secondary N) is 1. The standard InChI is InChI=1S/C19H19NO5/c1-23-13-5-2-11(3-6-13)18-17(19(21)22)14(9-20-18)12-4-7-15-16(8-12)25-10-24-15/h2-8,14,17-18,20H,9-10H2,1H3,(H,21,22)/t14?,17-,18+/m0/s1. The molecule has 2 aliphatic rings. The second-order valence-corrected chi connectivity index (χ2v) is 6.24. The van der Waals surface area contributed by atoms with Crippen LogP contribution in [0, 0.1) is 5.92 Å². The van der Waals surface area contributed by atoms with Crippen molar-refractivity contribution in [2.45, 2.75) is 12.0 Å². The largest absolute Gasteiger partial charge is 0.497 e. The molecule has 0 spiro atoms. The van der Waals surface area contributed by atoms with E-state index in [0.29, 0.717) is 18.0 Å². The lowest BCUT2D eigenvalue weighted by Crippen LogP contribution is -2.25. The summed E-state index contributed by atoms with van der Waals surface area (Å²) in [7, 11) is 1.61. The number of benzene rings is 2. The molecule has 1 saturated heterocycles. The third kappa shape index (κ3) is 2.78. The van der Waals surface area contributed by atoms with Gasteiger partial charge in [-0.3, -0.25) is 4.79 Å². The number of aliphatic carboxylic acids is 1. The molecule has 0 saturated carbocycles. The number of carboxylic acids is 1. The fourth-order valence-corrected chi connectivity index (χ4v) is 3.66. The van der Waals surface area contributed by atoms with Gasteiger partial charge in [-0.05, 0) is 35.4 Å². The lowest BCUT2D eigenvalue weighted by atomic mass is 9.83. The molecule has 4 rings (SSSR count). The molecule has 2 N–H and O–H groups in total. The summed E-state index contributed by atoms with van der Waals surface area (Å²) in [5.74, 6) is 0.616. The Morgan fingerprint density at radius 3 is 2.56 bits per heavy atom. The second kappa shape index (κ2) is 6.29. The van der Waals surface area contributed by atoms with Crippen LogP contribution < -0.4 is 19.5 Å². The fraction of sp³-hybridized carbons (Fsp3) is 0.316. The van der Waals surface area contributed by atoms with Crippen LogP contribution in [0.2, 0.25) is 0 Å². The minimum Gasteiger partial charge on any atom is -0.497 e. The molecule has 0 radical (unpaired) electrons. The van der Waals surface area contributed by atoms with Crippen molar-refractivity contribution >= 4 is 5.97 Å². The van der Waals surface area contributed by atoms with Crippen molar-refractivity contribution in [3.8, 4) is 17.2 Å². The van der Waals surface area contributed by atoms with Gasteiger partial charge in [-0.25, -0.2) is 0 Å². The van der Waals surface area contributed by atoms with Gasteiger partial charge in [0, 0.05) is 18.5 Å². The Balaban J connectivity index is 1.64. The van der Waals surface area contributed by atoms with Crippen molar-refractivity contribution in [1.82, 2.24) is 5.32 Å². The Labute approximate surface area is 145 Å². The van der Waals surface area contributed by atoms with Gasteiger partial charge in [-0.15, -0.1) is 0 Å². The van der Waals surface area contributed by atoms with Crippen molar-refractivity contribution in [1.29, 1.82) is 0 Å². The van der Waals surface area contributed by atoms with Crippen LogP contribution in [0.3, 0.4) is 0 Å². The number of hydrogen-bond donors (Lipinski definition) is 2. The Morgan fingerprint density at radius 2 is 1.84 bits per heavy atom. The maximum atomic E-state index is 12.0. The molecule has 2 aromatic carbocycles. The normalized spacial score (nSPS) is 24.3. The van der Waals surface area contributed by atoms with Gasteiger partial charge in [0.2, 0.25) is 6.79 Å². The van der Waals surface area contributed by atoms with Crippen molar-refractivity contribution in [3.63, 3.8) is 0 Å². The molecule has 1 unspecified atom stereocenters. The van der Waals surface area contributed by atoms with E-state index in [0.717, 1.165) is 16.9 Å². The zero-order valence-electron chi connectivity index (χ0n) is 13.8. The highest BCUT2D eigenvalue weighted by atomic mass is 16.7. The first-order chi connectivity index (χ1) is 12.2. The number of rotatable bonds is 4. The van der Waals surface area contributed by atoms with Gasteiger partial charge in [0.15, 0.2) is 11.5 Å². The van der Waals surface area contributed by atoms with E-state index < -0.39 is 11.9 Å². The van der Waals surface area contributed by atoms with Crippen LogP contribution in [-0.4, -0.2) is 31.5 Å². The Bertz CT molecular complexity index is 789. The quantitative estimate of drug-likeness (QED) is 0.890. The molecule has 2 aromatic rings. The van der Waals surface area contributed by atoms with E-state index in [1.54, 1.807) is 7.11 Å². The zero-order chi connectivity index (χ0) is 17.4. The molecule has 2 aliphatic heterocycles. The molecule has 6 heteroatoms. The first kappa shape index (κ1) is 15.8. The molecule has 0 aliphatic carbocycles. The van der Waals surface area contributed by atoms with Crippen LogP contribution in [0.4, 0.5) is 0 Å². The molecule has 2 heterocycles. The van der Waals surface area contributed by atoms with Crippen LogP contribution in [0.5, 0.6) is 17.2 Å². The van der Waals surface area contributed by atoms with Crippen LogP contribution in [-0.2, 0) is 4.79 Å². The van der Waals surface area contributed by atoms with E-state index in [1.165, 1.54) is 0 Å². The molecule has 0 aromatic heterocycles. The first-order valence-corrected chi connectivity index (χ1v) is 8.17. The lowest BCUT2D eigenvalue weighted by molar-refractivity contribution is -0.142. The average Bonchev–Trinajstić information content (AvgIpc) is 3.27. The van der Waals surface area contributed by atoms with Crippen molar-refractivity contribution < 1.29 is 24.1 Å². The minimum absolute atomic E-state index is 0.140. The van der Waals surface area contributed by atoms with Gasteiger partial charge < -0.3 is 24.6 Å². The van der Waals surface area contributed by atoms with Crippen LogP contribution in [0.15, 0.2) is 42.5 Å². The molecule has 1 fully saturated rings. The van der Waals surface area contributed by atoms with Gasteiger partial charge in [-0.2, -0.15) is 0 Å². The highest BCUT2D eigenvalue weighted by Crippen LogP contribution is 2.43. The zero-order valence-corrected chi connectivity index (χ0v) is 13.8. The van der Waals surface area contributed by atoms with Gasteiger partial charge in [0.1, 0.15) is 5.75 Å². The van der Waals surface area contributed by atoms with Gasteiger partial charge in [0.05, 0.1) is 13.0 Å². The summed E-state index contributed by atoms with van der Waals surface area (Å²) in [6.45, 7) is 0.797. The number of hydrogen-bond acceptors (Lipinski definition) is 5. The monoisotopic (exact) mass is 341 g/mol. The third-order valence-electron chi connectivity index (χ3n) is 4.94. The molecule has 6 nitrogen and oxygen atoms in total. The smallest absolute Gasteiger partial charge is 0.309 e. The lowest BCUT2D eigenvalue weighted by Gasteiger charge is -2.21. The maximum absolute atomic E-state index is 12.0. The molecule has 130 valence electrons. The van der Waals surface area contributed by atoms with Gasteiger partial charge in [0.25, 0.3) is 0 Å². The van der Waals surface area contributed by atoms with E-state index in [-0.39, 0.29) is 18.8 Å². The number of fused-ring (bicyclic) bond motifs is 1. The Hall–Kier alpha value is -2.73. The fourth-order valence-electron chi connectivity index (χ4n) is 3.66. The number of carboxylic acid groups (broad SMARTS) is 1. The maximum Gasteiger partial charge on any atom is 0.309 e. The summed E-state index contributed by atoms with van der Waals surface area (Å²) in [5.41, 5.74) is 1.89. The topological polar surface area (TPSA) is 77.0 Å². The summed E-state index contributed by atoms with van der Waals surface area (Å²) in [6, 6.07) is 12.9. The SMILES string of the molecule is COc1ccc([C@H]2NCC(c3ccc4c(c3)OCO4)[C@@H]2C(=O)O)cc1. The number of ether oxygens (including phenoxy) is 3. The average molecular weight is 341 g/mol. The number of methoxy groups -OCH3 is 1. The number of carbonyl (C=O) groups is 1. The predicted octanol–water partition coefficient (Wildman–Crippen LogP) is 2.55. The van der Waals surface area contributed by atoms with Crippen molar-refractivity contribution in [2.75, 3.05) is 20.4 Å². The summed E-state index contributed by atoms with van der Waals surface area (Å²) in [5, 5.41) is 13.2. The van der Waals surface area contributed by atoms with Crippen molar-refractivity contribution in [2.24, 2.45) is 5.92 Å². The molecule has 3 atom stereocenters. The molecule has 0 amide bonds.